The monoisotopic (exact) mass is 341 g/mol. The molecule has 1 aliphatic rings. The number of amides is 1. The number of carbonyl (C=O) groups excluding carboxylic acids is 1. The molecular formula is C18H23N5O2. The number of nitrogens with one attached hydrogen (secondary N) is 2. The maximum absolute atomic E-state index is 12.2. The van der Waals surface area contributed by atoms with Crippen molar-refractivity contribution in [3.05, 3.63) is 52.1 Å². The molecule has 132 valence electrons. The maximum Gasteiger partial charge on any atom is 0.271 e. The first-order valence-corrected chi connectivity index (χ1v) is 8.66. The third-order valence-corrected chi connectivity index (χ3v) is 4.68. The number of aromatic amines is 1. The third-order valence-electron chi connectivity index (χ3n) is 4.68. The van der Waals surface area contributed by atoms with Crippen LogP contribution in [0, 0.1) is 0 Å². The number of nitrogens with zero attached hydrogens (tertiary/aromatic N) is 3. The van der Waals surface area contributed by atoms with Gasteiger partial charge in [-0.2, -0.15) is 5.10 Å². The van der Waals surface area contributed by atoms with E-state index in [1.54, 1.807) is 6.20 Å². The topological polar surface area (TPSA) is 91.0 Å². The van der Waals surface area contributed by atoms with Crippen LogP contribution in [-0.2, 0) is 6.54 Å². The molecule has 3 rings (SSSR count). The Morgan fingerprint density at radius 1 is 1.28 bits per heavy atom. The lowest BCUT2D eigenvalue weighted by molar-refractivity contribution is 0.0945. The molecule has 7 nitrogen and oxygen atoms in total. The number of anilines is 1. The first kappa shape index (κ1) is 17.1. The van der Waals surface area contributed by atoms with E-state index in [0.29, 0.717) is 12.6 Å². The Morgan fingerprint density at radius 3 is 2.80 bits per heavy atom. The van der Waals surface area contributed by atoms with Gasteiger partial charge in [-0.25, -0.2) is 10.1 Å². The molecule has 2 aromatic rings. The van der Waals surface area contributed by atoms with Crippen molar-refractivity contribution < 1.29 is 4.79 Å². The molecule has 0 aliphatic heterocycles. The molecule has 0 aromatic carbocycles. The van der Waals surface area contributed by atoms with Crippen molar-refractivity contribution in [1.29, 1.82) is 0 Å². The van der Waals surface area contributed by atoms with E-state index in [-0.39, 0.29) is 17.2 Å². The molecule has 7 heteroatoms. The summed E-state index contributed by atoms with van der Waals surface area (Å²) in [6.07, 6.45) is 7.96. The zero-order valence-electron chi connectivity index (χ0n) is 14.4. The highest BCUT2D eigenvalue weighted by Gasteiger charge is 2.21. The summed E-state index contributed by atoms with van der Waals surface area (Å²) < 4.78 is 0. The Hall–Kier alpha value is -2.70. The number of pyridine rings is 1. The molecule has 1 fully saturated rings. The third kappa shape index (κ3) is 4.23. The number of rotatable bonds is 5. The van der Waals surface area contributed by atoms with Crippen molar-refractivity contribution in [2.24, 2.45) is 0 Å². The second-order valence-corrected chi connectivity index (χ2v) is 6.38. The van der Waals surface area contributed by atoms with Crippen LogP contribution in [0.5, 0.6) is 0 Å². The largest absolute Gasteiger partial charge is 0.356 e. The molecule has 0 unspecified atom stereocenters. The summed E-state index contributed by atoms with van der Waals surface area (Å²) in [5.74, 6) is 0.579. The molecule has 1 saturated carbocycles. The van der Waals surface area contributed by atoms with Crippen LogP contribution in [0.15, 0.2) is 35.3 Å². The molecule has 2 N–H and O–H groups in total. The van der Waals surface area contributed by atoms with E-state index in [2.05, 4.69) is 32.4 Å². The second kappa shape index (κ2) is 7.92. The van der Waals surface area contributed by atoms with Gasteiger partial charge in [-0.1, -0.05) is 25.3 Å². The van der Waals surface area contributed by atoms with Crippen LogP contribution in [0.3, 0.4) is 0 Å². The van der Waals surface area contributed by atoms with Crippen molar-refractivity contribution in [1.82, 2.24) is 20.5 Å². The fraction of sp³-hybridized carbons (Fsp3) is 0.444. The molecule has 25 heavy (non-hydrogen) atoms. The lowest BCUT2D eigenvalue weighted by Gasteiger charge is -2.33. The highest BCUT2D eigenvalue weighted by molar-refractivity contribution is 5.92. The lowest BCUT2D eigenvalue weighted by atomic mass is 9.94. The quantitative estimate of drug-likeness (QED) is 0.866. The average Bonchev–Trinajstić information content (AvgIpc) is 2.67. The van der Waals surface area contributed by atoms with Crippen LogP contribution in [0.25, 0.3) is 0 Å². The number of hydrogen-bond donors (Lipinski definition) is 2. The fourth-order valence-electron chi connectivity index (χ4n) is 3.26. The van der Waals surface area contributed by atoms with E-state index in [0.717, 1.165) is 11.4 Å². The highest BCUT2D eigenvalue weighted by atomic mass is 16.2. The van der Waals surface area contributed by atoms with Gasteiger partial charge in [0.25, 0.3) is 11.5 Å². The lowest BCUT2D eigenvalue weighted by Crippen LogP contribution is -2.35. The van der Waals surface area contributed by atoms with Gasteiger partial charge >= 0.3 is 0 Å². The number of H-pyrrole nitrogens is 1. The molecule has 1 aliphatic carbocycles. The minimum Gasteiger partial charge on any atom is -0.356 e. The van der Waals surface area contributed by atoms with Crippen molar-refractivity contribution >= 4 is 11.7 Å². The Bertz CT molecular complexity index is 763. The second-order valence-electron chi connectivity index (χ2n) is 6.38. The summed E-state index contributed by atoms with van der Waals surface area (Å²) in [6, 6.07) is 7.04. The molecule has 0 radical (unpaired) electrons. The Kier molecular flexibility index (Phi) is 5.42. The van der Waals surface area contributed by atoms with Gasteiger partial charge in [0, 0.05) is 37.5 Å². The normalized spacial score (nSPS) is 14.9. The van der Waals surface area contributed by atoms with E-state index < -0.39 is 0 Å². The SMILES string of the molecule is CN(c1ncccc1CNC(=O)c1ccc(=O)[nH]n1)C1CCCCC1. The van der Waals surface area contributed by atoms with E-state index >= 15 is 0 Å². The van der Waals surface area contributed by atoms with Crippen LogP contribution >= 0.6 is 0 Å². The van der Waals surface area contributed by atoms with Gasteiger partial charge in [0.2, 0.25) is 0 Å². The predicted octanol–water partition coefficient (Wildman–Crippen LogP) is 1.86. The van der Waals surface area contributed by atoms with Gasteiger partial charge in [0.05, 0.1) is 0 Å². The van der Waals surface area contributed by atoms with Gasteiger partial charge in [-0.3, -0.25) is 9.59 Å². The van der Waals surface area contributed by atoms with Gasteiger partial charge in [0.15, 0.2) is 0 Å². The number of aromatic nitrogens is 3. The standard InChI is InChI=1S/C18H23N5O2/c1-23(14-7-3-2-4-8-14)17-13(6-5-11-19-17)12-20-18(25)15-9-10-16(24)22-21-15/h5-6,9-11,14H,2-4,7-8,12H2,1H3,(H,20,25)(H,22,24). The van der Waals surface area contributed by atoms with Gasteiger partial charge in [0.1, 0.15) is 11.5 Å². The summed E-state index contributed by atoms with van der Waals surface area (Å²) in [4.78, 5) is 30.0. The number of carbonyl (C=O) groups is 1. The van der Waals surface area contributed by atoms with Gasteiger partial charge < -0.3 is 10.2 Å². The van der Waals surface area contributed by atoms with Crippen molar-refractivity contribution in [2.45, 2.75) is 44.7 Å². The van der Waals surface area contributed by atoms with E-state index in [9.17, 15) is 9.59 Å². The fourth-order valence-corrected chi connectivity index (χ4v) is 3.26. The molecule has 0 bridgehead atoms. The Balaban J connectivity index is 1.69. The minimum absolute atomic E-state index is 0.186. The smallest absolute Gasteiger partial charge is 0.271 e. The summed E-state index contributed by atoms with van der Waals surface area (Å²) in [6.45, 7) is 0.361. The summed E-state index contributed by atoms with van der Waals surface area (Å²) in [5.41, 5.74) is 0.819. The van der Waals surface area contributed by atoms with Crippen molar-refractivity contribution in [3.8, 4) is 0 Å². The predicted molar refractivity (Wildman–Crippen MR) is 95.5 cm³/mol. The van der Waals surface area contributed by atoms with Crippen LogP contribution in [0.1, 0.15) is 48.2 Å². The Morgan fingerprint density at radius 2 is 2.08 bits per heavy atom. The highest BCUT2D eigenvalue weighted by Crippen LogP contribution is 2.26. The van der Waals surface area contributed by atoms with Gasteiger partial charge in [-0.05, 0) is 25.0 Å². The molecule has 0 atom stereocenters. The summed E-state index contributed by atoms with van der Waals surface area (Å²) in [7, 11) is 2.08. The first-order valence-electron chi connectivity index (χ1n) is 8.66. The van der Waals surface area contributed by atoms with Crippen LogP contribution in [0.2, 0.25) is 0 Å². The zero-order chi connectivity index (χ0) is 17.6. The van der Waals surface area contributed by atoms with Crippen LogP contribution in [-0.4, -0.2) is 34.2 Å². The minimum atomic E-state index is -0.333. The van der Waals surface area contributed by atoms with Crippen molar-refractivity contribution in [3.63, 3.8) is 0 Å². The van der Waals surface area contributed by atoms with E-state index in [4.69, 9.17) is 0 Å². The molecule has 0 saturated heterocycles. The van der Waals surface area contributed by atoms with E-state index in [1.807, 2.05) is 12.1 Å². The molecule has 1 amide bonds. The molecular weight excluding hydrogens is 318 g/mol. The maximum atomic E-state index is 12.2. The Labute approximate surface area is 146 Å². The van der Waals surface area contributed by atoms with E-state index in [1.165, 1.54) is 44.2 Å². The first-order chi connectivity index (χ1) is 12.1. The molecule has 2 aromatic heterocycles. The average molecular weight is 341 g/mol. The number of hydrogen-bond acceptors (Lipinski definition) is 5. The summed E-state index contributed by atoms with van der Waals surface area (Å²) in [5, 5.41) is 8.85. The van der Waals surface area contributed by atoms with Gasteiger partial charge in [-0.15, -0.1) is 0 Å². The van der Waals surface area contributed by atoms with Crippen LogP contribution < -0.4 is 15.8 Å². The van der Waals surface area contributed by atoms with Crippen molar-refractivity contribution in [2.75, 3.05) is 11.9 Å². The zero-order valence-corrected chi connectivity index (χ0v) is 14.4. The van der Waals surface area contributed by atoms with Crippen LogP contribution in [0.4, 0.5) is 5.82 Å². The molecule has 2 heterocycles. The summed E-state index contributed by atoms with van der Waals surface area (Å²) >= 11 is 0. The molecule has 0 spiro atoms.